The number of hydrogen-bond donors (Lipinski definition) is 1. The SMILES string of the molecule is CCN(CC)CCCC(C)Nc1ncc(Br)cc1F. The lowest BCUT2D eigenvalue weighted by atomic mass is 10.1. The van der Waals surface area contributed by atoms with Gasteiger partial charge in [0.2, 0.25) is 0 Å². The minimum absolute atomic E-state index is 0.221. The smallest absolute Gasteiger partial charge is 0.166 e. The summed E-state index contributed by atoms with van der Waals surface area (Å²) in [4.78, 5) is 6.44. The average molecular weight is 332 g/mol. The second kappa shape index (κ2) is 8.48. The highest BCUT2D eigenvalue weighted by Gasteiger charge is 2.09. The summed E-state index contributed by atoms with van der Waals surface area (Å²) in [6.07, 6.45) is 3.72. The number of anilines is 1. The maximum atomic E-state index is 13.6. The summed E-state index contributed by atoms with van der Waals surface area (Å²) in [5.41, 5.74) is 0. The van der Waals surface area contributed by atoms with Crippen molar-refractivity contribution in [2.45, 2.75) is 39.7 Å². The molecule has 1 aromatic rings. The first kappa shape index (κ1) is 16.4. The molecule has 0 aliphatic heterocycles. The molecular weight excluding hydrogens is 309 g/mol. The second-order valence-corrected chi connectivity index (χ2v) is 5.61. The molecule has 5 heteroatoms. The predicted molar refractivity (Wildman–Crippen MR) is 82.0 cm³/mol. The summed E-state index contributed by atoms with van der Waals surface area (Å²) in [6, 6.07) is 1.65. The molecule has 0 fully saturated rings. The monoisotopic (exact) mass is 331 g/mol. The molecule has 1 N–H and O–H groups in total. The molecule has 0 saturated carbocycles. The van der Waals surface area contributed by atoms with E-state index in [-0.39, 0.29) is 11.9 Å². The first-order chi connectivity index (χ1) is 9.06. The van der Waals surface area contributed by atoms with Crippen molar-refractivity contribution in [3.63, 3.8) is 0 Å². The number of nitrogens with one attached hydrogen (secondary N) is 1. The summed E-state index contributed by atoms with van der Waals surface area (Å²) in [5, 5.41) is 3.12. The van der Waals surface area contributed by atoms with E-state index in [2.05, 4.69) is 51.9 Å². The molecule has 0 aliphatic rings. The molecule has 108 valence electrons. The molecule has 1 unspecified atom stereocenters. The van der Waals surface area contributed by atoms with E-state index in [0.29, 0.717) is 10.3 Å². The van der Waals surface area contributed by atoms with Gasteiger partial charge in [-0.15, -0.1) is 0 Å². The van der Waals surface area contributed by atoms with Gasteiger partial charge in [0.15, 0.2) is 11.6 Å². The van der Waals surface area contributed by atoms with Gasteiger partial charge < -0.3 is 10.2 Å². The van der Waals surface area contributed by atoms with Gasteiger partial charge in [0.1, 0.15) is 0 Å². The number of pyridine rings is 1. The molecule has 1 aromatic heterocycles. The van der Waals surface area contributed by atoms with Gasteiger partial charge in [0.25, 0.3) is 0 Å². The molecule has 0 saturated heterocycles. The van der Waals surface area contributed by atoms with Crippen LogP contribution in [-0.4, -0.2) is 35.6 Å². The van der Waals surface area contributed by atoms with E-state index in [1.54, 1.807) is 6.20 Å². The Morgan fingerprint density at radius 1 is 1.42 bits per heavy atom. The Balaban J connectivity index is 2.36. The van der Waals surface area contributed by atoms with Crippen LogP contribution in [0.5, 0.6) is 0 Å². The summed E-state index contributed by atoms with van der Waals surface area (Å²) in [6.45, 7) is 9.67. The highest BCUT2D eigenvalue weighted by atomic mass is 79.9. The zero-order valence-corrected chi connectivity index (χ0v) is 13.5. The van der Waals surface area contributed by atoms with Crippen LogP contribution in [0.3, 0.4) is 0 Å². The Bertz CT molecular complexity index is 383. The molecule has 19 heavy (non-hydrogen) atoms. The number of nitrogens with zero attached hydrogens (tertiary/aromatic N) is 2. The highest BCUT2D eigenvalue weighted by Crippen LogP contribution is 2.17. The van der Waals surface area contributed by atoms with Gasteiger partial charge in [0, 0.05) is 16.7 Å². The van der Waals surface area contributed by atoms with Gasteiger partial charge in [0.05, 0.1) is 0 Å². The van der Waals surface area contributed by atoms with E-state index in [1.165, 1.54) is 6.07 Å². The van der Waals surface area contributed by atoms with Crippen LogP contribution in [0.1, 0.15) is 33.6 Å². The topological polar surface area (TPSA) is 28.2 Å². The normalized spacial score (nSPS) is 12.7. The van der Waals surface area contributed by atoms with Crippen LogP contribution in [0.25, 0.3) is 0 Å². The zero-order chi connectivity index (χ0) is 14.3. The van der Waals surface area contributed by atoms with Gasteiger partial charge in [-0.3, -0.25) is 0 Å². The van der Waals surface area contributed by atoms with E-state index in [9.17, 15) is 4.39 Å². The highest BCUT2D eigenvalue weighted by molar-refractivity contribution is 9.10. The second-order valence-electron chi connectivity index (χ2n) is 4.70. The van der Waals surface area contributed by atoms with Gasteiger partial charge in [-0.2, -0.15) is 0 Å². The molecule has 0 aromatic carbocycles. The Morgan fingerprint density at radius 3 is 2.68 bits per heavy atom. The largest absolute Gasteiger partial charge is 0.365 e. The van der Waals surface area contributed by atoms with Crippen LogP contribution < -0.4 is 5.32 Å². The van der Waals surface area contributed by atoms with E-state index in [1.807, 2.05) is 0 Å². The third-order valence-corrected chi connectivity index (χ3v) is 3.63. The molecule has 0 amide bonds. The van der Waals surface area contributed by atoms with E-state index in [4.69, 9.17) is 0 Å². The Kier molecular flexibility index (Phi) is 7.31. The zero-order valence-electron chi connectivity index (χ0n) is 11.9. The number of aromatic nitrogens is 1. The molecular formula is C14H23BrFN3. The Morgan fingerprint density at radius 2 is 2.11 bits per heavy atom. The molecule has 0 bridgehead atoms. The lowest BCUT2D eigenvalue weighted by Gasteiger charge is -2.20. The van der Waals surface area contributed by atoms with Crippen molar-refractivity contribution in [3.8, 4) is 0 Å². The maximum Gasteiger partial charge on any atom is 0.166 e. The van der Waals surface area contributed by atoms with Crippen molar-refractivity contribution in [1.29, 1.82) is 0 Å². The summed E-state index contributed by atoms with van der Waals surface area (Å²) in [5.74, 6) is 0.0171. The standard InChI is InChI=1S/C14H23BrFN3/c1-4-19(5-2)8-6-7-11(3)18-14-13(16)9-12(15)10-17-14/h9-11H,4-8H2,1-3H3,(H,17,18). The van der Waals surface area contributed by atoms with Crippen molar-refractivity contribution in [2.24, 2.45) is 0 Å². The average Bonchev–Trinajstić information content (AvgIpc) is 2.38. The van der Waals surface area contributed by atoms with E-state index in [0.717, 1.165) is 32.5 Å². The molecule has 3 nitrogen and oxygen atoms in total. The molecule has 0 spiro atoms. The van der Waals surface area contributed by atoms with Gasteiger partial charge >= 0.3 is 0 Å². The molecule has 1 heterocycles. The third kappa shape index (κ3) is 5.87. The molecule has 0 radical (unpaired) electrons. The van der Waals surface area contributed by atoms with E-state index < -0.39 is 0 Å². The first-order valence-electron chi connectivity index (χ1n) is 6.86. The minimum Gasteiger partial charge on any atom is -0.365 e. The predicted octanol–water partition coefficient (Wildman–Crippen LogP) is 3.91. The van der Waals surface area contributed by atoms with Gasteiger partial charge in [-0.05, 0) is 61.4 Å². The van der Waals surface area contributed by atoms with Crippen molar-refractivity contribution in [1.82, 2.24) is 9.88 Å². The number of rotatable bonds is 8. The van der Waals surface area contributed by atoms with Crippen LogP contribution in [0.15, 0.2) is 16.7 Å². The molecule has 1 rings (SSSR count). The summed E-state index contributed by atoms with van der Waals surface area (Å²) < 4.78 is 14.3. The van der Waals surface area contributed by atoms with Crippen molar-refractivity contribution in [2.75, 3.05) is 25.0 Å². The van der Waals surface area contributed by atoms with E-state index >= 15 is 0 Å². The van der Waals surface area contributed by atoms with Crippen molar-refractivity contribution >= 4 is 21.7 Å². The maximum absolute atomic E-state index is 13.6. The number of halogens is 2. The van der Waals surface area contributed by atoms with Crippen LogP contribution in [-0.2, 0) is 0 Å². The lowest BCUT2D eigenvalue weighted by Crippen LogP contribution is -2.26. The first-order valence-corrected chi connectivity index (χ1v) is 7.66. The van der Waals surface area contributed by atoms with Crippen molar-refractivity contribution in [3.05, 3.63) is 22.6 Å². The van der Waals surface area contributed by atoms with Crippen LogP contribution in [0.4, 0.5) is 10.2 Å². The van der Waals surface area contributed by atoms with Crippen molar-refractivity contribution < 1.29 is 4.39 Å². The summed E-state index contributed by atoms with van der Waals surface area (Å²) in [7, 11) is 0. The van der Waals surface area contributed by atoms with Gasteiger partial charge in [-0.1, -0.05) is 13.8 Å². The third-order valence-electron chi connectivity index (χ3n) is 3.20. The minimum atomic E-state index is -0.315. The lowest BCUT2D eigenvalue weighted by molar-refractivity contribution is 0.295. The molecule has 0 aliphatic carbocycles. The Labute approximate surface area is 123 Å². The fraction of sp³-hybridized carbons (Fsp3) is 0.643. The summed E-state index contributed by atoms with van der Waals surface area (Å²) >= 11 is 3.20. The fourth-order valence-electron chi connectivity index (χ4n) is 1.99. The Hall–Kier alpha value is -0.680. The number of hydrogen-bond acceptors (Lipinski definition) is 3. The van der Waals surface area contributed by atoms with Gasteiger partial charge in [-0.25, -0.2) is 9.37 Å². The van der Waals surface area contributed by atoms with Crippen LogP contribution >= 0.6 is 15.9 Å². The quantitative estimate of drug-likeness (QED) is 0.782. The van der Waals surface area contributed by atoms with Crippen LogP contribution in [0.2, 0.25) is 0 Å². The molecule has 1 atom stereocenters. The van der Waals surface area contributed by atoms with Crippen LogP contribution in [0, 0.1) is 5.82 Å². The fourth-order valence-corrected chi connectivity index (χ4v) is 2.29.